The first kappa shape index (κ1) is 16.3. The van der Waals surface area contributed by atoms with Gasteiger partial charge >= 0.3 is 0 Å². The number of rotatable bonds is 4. The van der Waals surface area contributed by atoms with Gasteiger partial charge in [-0.1, -0.05) is 12.1 Å². The maximum Gasteiger partial charge on any atom is 0.250 e. The van der Waals surface area contributed by atoms with Gasteiger partial charge in [-0.25, -0.2) is 0 Å². The number of methoxy groups -OCH3 is 1. The van der Waals surface area contributed by atoms with Crippen molar-refractivity contribution in [2.45, 2.75) is 19.9 Å². The van der Waals surface area contributed by atoms with Crippen LogP contribution in [-0.4, -0.2) is 37.0 Å². The van der Waals surface area contributed by atoms with Crippen molar-refractivity contribution in [1.29, 1.82) is 0 Å². The zero-order valence-corrected chi connectivity index (χ0v) is 13.8. The van der Waals surface area contributed by atoms with E-state index >= 15 is 0 Å². The molecule has 0 atom stereocenters. The quantitative estimate of drug-likeness (QED) is 0.936. The molecule has 0 unspecified atom stereocenters. The predicted octanol–water partition coefficient (Wildman–Crippen LogP) is 2.44. The van der Waals surface area contributed by atoms with Crippen LogP contribution in [0.4, 0.5) is 5.69 Å². The minimum Gasteiger partial charge on any atom is -0.461 e. The van der Waals surface area contributed by atoms with Gasteiger partial charge < -0.3 is 19.4 Å². The molecule has 1 N–H and O–H groups in total. The molecule has 2 amide bonds. The van der Waals surface area contributed by atoms with E-state index in [0.717, 1.165) is 29.1 Å². The maximum absolute atomic E-state index is 11.6. The van der Waals surface area contributed by atoms with Crippen LogP contribution in [0.25, 0.3) is 11.3 Å². The first-order chi connectivity index (χ1) is 11.6. The van der Waals surface area contributed by atoms with E-state index in [-0.39, 0.29) is 18.4 Å². The van der Waals surface area contributed by atoms with Crippen molar-refractivity contribution in [1.82, 2.24) is 4.90 Å². The summed E-state index contributed by atoms with van der Waals surface area (Å²) in [7, 11) is 1.48. The van der Waals surface area contributed by atoms with Crippen LogP contribution >= 0.6 is 0 Å². The lowest BCUT2D eigenvalue weighted by atomic mass is 10.1. The Morgan fingerprint density at radius 3 is 2.92 bits per heavy atom. The van der Waals surface area contributed by atoms with E-state index in [2.05, 4.69) is 5.32 Å². The molecule has 3 rings (SSSR count). The van der Waals surface area contributed by atoms with Gasteiger partial charge in [-0.15, -0.1) is 0 Å². The van der Waals surface area contributed by atoms with Crippen LogP contribution in [0.5, 0.6) is 0 Å². The molecule has 0 radical (unpaired) electrons. The van der Waals surface area contributed by atoms with E-state index in [1.54, 1.807) is 6.92 Å². The third kappa shape index (κ3) is 3.49. The van der Waals surface area contributed by atoms with Gasteiger partial charge in [0.05, 0.1) is 0 Å². The normalized spacial score (nSPS) is 13.5. The van der Waals surface area contributed by atoms with Crippen molar-refractivity contribution in [2.24, 2.45) is 0 Å². The topological polar surface area (TPSA) is 71.8 Å². The smallest absolute Gasteiger partial charge is 0.250 e. The Morgan fingerprint density at radius 2 is 2.17 bits per heavy atom. The molecule has 1 aliphatic heterocycles. The van der Waals surface area contributed by atoms with Crippen LogP contribution in [0.2, 0.25) is 0 Å². The molecule has 6 heteroatoms. The van der Waals surface area contributed by atoms with Gasteiger partial charge in [0.1, 0.15) is 18.1 Å². The number of ether oxygens (including phenoxy) is 1. The van der Waals surface area contributed by atoms with E-state index in [1.807, 2.05) is 35.2 Å². The molecule has 6 nitrogen and oxygen atoms in total. The Morgan fingerprint density at radius 1 is 1.33 bits per heavy atom. The zero-order valence-electron chi connectivity index (χ0n) is 13.8. The van der Waals surface area contributed by atoms with Gasteiger partial charge in [-0.05, 0) is 18.2 Å². The highest BCUT2D eigenvalue weighted by Crippen LogP contribution is 2.30. The maximum atomic E-state index is 11.6. The molecule has 0 spiro atoms. The first-order valence-electron chi connectivity index (χ1n) is 7.83. The van der Waals surface area contributed by atoms with E-state index in [4.69, 9.17) is 9.15 Å². The third-order valence-corrected chi connectivity index (χ3v) is 4.02. The molecule has 0 bridgehead atoms. The number of benzene rings is 1. The van der Waals surface area contributed by atoms with Gasteiger partial charge in [0, 0.05) is 50.4 Å². The Balaban J connectivity index is 1.80. The van der Waals surface area contributed by atoms with Gasteiger partial charge in [-0.2, -0.15) is 0 Å². The fourth-order valence-corrected chi connectivity index (χ4v) is 2.82. The minimum atomic E-state index is -0.203. The van der Waals surface area contributed by atoms with Crippen LogP contribution in [0.1, 0.15) is 18.2 Å². The molecule has 0 aliphatic carbocycles. The summed E-state index contributed by atoms with van der Waals surface area (Å²) >= 11 is 0. The van der Waals surface area contributed by atoms with Crippen LogP contribution in [0.3, 0.4) is 0 Å². The summed E-state index contributed by atoms with van der Waals surface area (Å²) in [6, 6.07) is 9.44. The summed E-state index contributed by atoms with van der Waals surface area (Å²) in [6.07, 6.45) is 0.721. The molecule has 1 aromatic heterocycles. The number of hydrogen-bond donors (Lipinski definition) is 1. The molecule has 0 saturated heterocycles. The number of hydrogen-bond acceptors (Lipinski definition) is 4. The second kappa shape index (κ2) is 6.88. The summed E-state index contributed by atoms with van der Waals surface area (Å²) in [6.45, 7) is 2.86. The Hall–Kier alpha value is -2.60. The fraction of sp³-hybridized carbons (Fsp3) is 0.333. The van der Waals surface area contributed by atoms with E-state index in [0.29, 0.717) is 18.8 Å². The molecule has 24 heavy (non-hydrogen) atoms. The lowest BCUT2D eigenvalue weighted by molar-refractivity contribution is -0.129. The highest BCUT2D eigenvalue weighted by Gasteiger charge is 2.22. The first-order valence-corrected chi connectivity index (χ1v) is 7.83. The van der Waals surface area contributed by atoms with Crippen molar-refractivity contribution < 1.29 is 18.7 Å². The standard InChI is InChI=1S/C18H20N2O4/c1-12(21)20-7-6-16-14(10-20)9-17(24-16)13-4-3-5-15(8-13)19-18(22)11-23-2/h3-5,8-9H,6-7,10-11H2,1-2H3,(H,19,22). The number of anilines is 1. The monoisotopic (exact) mass is 328 g/mol. The lowest BCUT2D eigenvalue weighted by Gasteiger charge is -2.24. The Kier molecular flexibility index (Phi) is 4.66. The number of nitrogens with zero attached hydrogens (tertiary/aromatic N) is 1. The molecule has 126 valence electrons. The summed E-state index contributed by atoms with van der Waals surface area (Å²) < 4.78 is 10.8. The van der Waals surface area contributed by atoms with Crippen molar-refractivity contribution in [3.63, 3.8) is 0 Å². The van der Waals surface area contributed by atoms with Crippen molar-refractivity contribution in [3.05, 3.63) is 41.7 Å². The Labute approximate surface area is 140 Å². The second-order valence-corrected chi connectivity index (χ2v) is 5.81. The summed E-state index contributed by atoms with van der Waals surface area (Å²) in [5.41, 5.74) is 2.61. The fourth-order valence-electron chi connectivity index (χ4n) is 2.82. The average Bonchev–Trinajstić information content (AvgIpc) is 2.98. The zero-order chi connectivity index (χ0) is 17.1. The van der Waals surface area contributed by atoms with Crippen molar-refractivity contribution >= 4 is 17.5 Å². The summed E-state index contributed by atoms with van der Waals surface area (Å²) in [5.74, 6) is 1.54. The number of carbonyl (C=O) groups is 2. The molecular formula is C18H20N2O4. The van der Waals surface area contributed by atoms with Crippen LogP contribution in [0, 0.1) is 0 Å². The van der Waals surface area contributed by atoms with Gasteiger partial charge in [0.15, 0.2) is 0 Å². The average molecular weight is 328 g/mol. The van der Waals surface area contributed by atoms with Crippen molar-refractivity contribution in [3.8, 4) is 11.3 Å². The van der Waals surface area contributed by atoms with Crippen molar-refractivity contribution in [2.75, 3.05) is 25.6 Å². The minimum absolute atomic E-state index is 0.0140. The van der Waals surface area contributed by atoms with Gasteiger partial charge in [-0.3, -0.25) is 9.59 Å². The third-order valence-electron chi connectivity index (χ3n) is 4.02. The number of carbonyl (C=O) groups excluding carboxylic acids is 2. The number of nitrogens with one attached hydrogen (secondary N) is 1. The van der Waals surface area contributed by atoms with Crippen LogP contribution < -0.4 is 5.32 Å². The van der Waals surface area contributed by atoms with E-state index in [9.17, 15) is 9.59 Å². The number of fused-ring (bicyclic) bond motifs is 1. The molecule has 1 aliphatic rings. The van der Waals surface area contributed by atoms with Crippen LogP contribution in [-0.2, 0) is 27.3 Å². The molecule has 1 aromatic carbocycles. The molecule has 2 heterocycles. The molecular weight excluding hydrogens is 308 g/mol. The van der Waals surface area contributed by atoms with E-state index in [1.165, 1.54) is 7.11 Å². The summed E-state index contributed by atoms with van der Waals surface area (Å²) in [5, 5.41) is 2.78. The van der Waals surface area contributed by atoms with Gasteiger partial charge in [0.25, 0.3) is 0 Å². The van der Waals surface area contributed by atoms with E-state index < -0.39 is 0 Å². The largest absolute Gasteiger partial charge is 0.461 e. The number of furan rings is 1. The number of amides is 2. The highest BCUT2D eigenvalue weighted by atomic mass is 16.5. The summed E-state index contributed by atoms with van der Waals surface area (Å²) in [4.78, 5) is 25.0. The Bertz CT molecular complexity index is 766. The van der Waals surface area contributed by atoms with Gasteiger partial charge in [0.2, 0.25) is 11.8 Å². The molecule has 0 fully saturated rings. The highest BCUT2D eigenvalue weighted by molar-refractivity contribution is 5.92. The molecule has 0 saturated carbocycles. The predicted molar refractivity (Wildman–Crippen MR) is 89.4 cm³/mol. The second-order valence-electron chi connectivity index (χ2n) is 5.81. The SMILES string of the molecule is COCC(=O)Nc1cccc(-c2cc3c(o2)CCN(C(C)=O)C3)c1. The lowest BCUT2D eigenvalue weighted by Crippen LogP contribution is -2.33. The van der Waals surface area contributed by atoms with Crippen LogP contribution in [0.15, 0.2) is 34.7 Å². The molecule has 2 aromatic rings.